The molecule has 6 nitrogen and oxygen atoms in total. The molecule has 2 aromatic rings. The Morgan fingerprint density at radius 1 is 1.09 bits per heavy atom. The molecule has 0 heterocycles. The van der Waals surface area contributed by atoms with Crippen LogP contribution in [0.25, 0.3) is 0 Å². The van der Waals surface area contributed by atoms with Crippen LogP contribution in [0.4, 0.5) is 0 Å². The van der Waals surface area contributed by atoms with Crippen LogP contribution in [0.1, 0.15) is 48.7 Å². The first-order valence-electron chi connectivity index (χ1n) is 11.0. The summed E-state index contributed by atoms with van der Waals surface area (Å²) in [7, 11) is 0. The Kier molecular flexibility index (Phi) is 7.51. The summed E-state index contributed by atoms with van der Waals surface area (Å²) in [6.07, 6.45) is 4.80. The molecular formula is C27H31NO5. The summed E-state index contributed by atoms with van der Waals surface area (Å²) < 4.78 is 12.5. The molecule has 0 aliphatic heterocycles. The van der Waals surface area contributed by atoms with Crippen LogP contribution >= 0.6 is 0 Å². The summed E-state index contributed by atoms with van der Waals surface area (Å²) in [5.41, 5.74) is 0.563. The van der Waals surface area contributed by atoms with Crippen LogP contribution in [0.2, 0.25) is 0 Å². The van der Waals surface area contributed by atoms with Crippen LogP contribution in [-0.4, -0.2) is 34.4 Å². The number of nitrogens with one attached hydrogen (secondary N) is 1. The van der Waals surface area contributed by atoms with Gasteiger partial charge in [0.2, 0.25) is 5.72 Å². The maximum absolute atomic E-state index is 12.8. The van der Waals surface area contributed by atoms with Gasteiger partial charge in [-0.2, -0.15) is 0 Å². The lowest BCUT2D eigenvalue weighted by Gasteiger charge is -2.43. The van der Waals surface area contributed by atoms with Gasteiger partial charge in [0.15, 0.2) is 0 Å². The summed E-state index contributed by atoms with van der Waals surface area (Å²) in [5.74, 6) is -1.79. The van der Waals surface area contributed by atoms with Crippen LogP contribution in [0.15, 0.2) is 78.4 Å². The fourth-order valence-corrected chi connectivity index (χ4v) is 3.66. The third kappa shape index (κ3) is 5.41. The lowest BCUT2D eigenvalue weighted by molar-refractivity contribution is -0.196. The maximum atomic E-state index is 12.8. The van der Waals surface area contributed by atoms with Gasteiger partial charge in [0.05, 0.1) is 6.61 Å². The van der Waals surface area contributed by atoms with Gasteiger partial charge in [-0.3, -0.25) is 4.79 Å². The molecule has 3 rings (SSSR count). The van der Waals surface area contributed by atoms with E-state index in [0.717, 1.165) is 16.7 Å². The quantitative estimate of drug-likeness (QED) is 0.538. The molecule has 0 bridgehead atoms. The van der Waals surface area contributed by atoms with Crippen molar-refractivity contribution in [3.63, 3.8) is 0 Å². The van der Waals surface area contributed by atoms with E-state index in [-0.39, 0.29) is 6.42 Å². The molecule has 1 aliphatic rings. The Bertz CT molecular complexity index is 1040. The van der Waals surface area contributed by atoms with Crippen LogP contribution in [0.3, 0.4) is 0 Å². The van der Waals surface area contributed by atoms with E-state index in [9.17, 15) is 14.7 Å². The predicted octanol–water partition coefficient (Wildman–Crippen LogP) is 4.79. The minimum absolute atomic E-state index is 0.0298. The number of amides is 1. The fraction of sp³-hybridized carbons (Fsp3) is 0.333. The van der Waals surface area contributed by atoms with Gasteiger partial charge < -0.3 is 19.9 Å². The molecule has 174 valence electrons. The molecule has 0 saturated carbocycles. The highest BCUT2D eigenvalue weighted by molar-refractivity contribution is 5.97. The third-order valence-electron chi connectivity index (χ3n) is 6.14. The van der Waals surface area contributed by atoms with E-state index >= 15 is 0 Å². The first kappa shape index (κ1) is 24.4. The van der Waals surface area contributed by atoms with Crippen molar-refractivity contribution < 1.29 is 24.2 Å². The number of ether oxygens (including phenoxy) is 2. The van der Waals surface area contributed by atoms with Crippen LogP contribution in [0.5, 0.6) is 0 Å². The third-order valence-corrected chi connectivity index (χ3v) is 6.14. The first-order valence-corrected chi connectivity index (χ1v) is 11.0. The number of hydrogen-bond donors (Lipinski definition) is 2. The standard InChI is InChI=1S/C27H31NO5/c1-5-27(25(30)31,28-24(29)22-11-7-6-8-12-22)33-23-13-9-10-20(3)26(23,4)32-18-21-16-14-19(2)15-17-21/h6-17,23H,5,18H2,1-4H3,(H,28,29)(H,30,31). The van der Waals surface area contributed by atoms with Crippen molar-refractivity contribution >= 4 is 11.9 Å². The highest BCUT2D eigenvalue weighted by atomic mass is 16.6. The number of allylic oxidation sites excluding steroid dienone is 2. The lowest BCUT2D eigenvalue weighted by atomic mass is 9.86. The Hall–Kier alpha value is -3.22. The molecule has 1 aliphatic carbocycles. The number of carbonyl (C=O) groups is 2. The average molecular weight is 450 g/mol. The molecule has 6 heteroatoms. The minimum Gasteiger partial charge on any atom is -0.478 e. The second-order valence-electron chi connectivity index (χ2n) is 8.46. The highest BCUT2D eigenvalue weighted by Gasteiger charge is 2.48. The Balaban J connectivity index is 1.85. The van der Waals surface area contributed by atoms with Gasteiger partial charge in [-0.25, -0.2) is 4.79 Å². The molecule has 0 spiro atoms. The highest BCUT2D eigenvalue weighted by Crippen LogP contribution is 2.35. The number of benzene rings is 2. The van der Waals surface area contributed by atoms with Gasteiger partial charge in [-0.1, -0.05) is 73.2 Å². The van der Waals surface area contributed by atoms with E-state index in [0.29, 0.717) is 12.2 Å². The number of aliphatic carboxylic acids is 1. The second-order valence-corrected chi connectivity index (χ2v) is 8.46. The molecule has 2 aromatic carbocycles. The summed E-state index contributed by atoms with van der Waals surface area (Å²) in [6.45, 7) is 7.82. The second kappa shape index (κ2) is 10.1. The summed E-state index contributed by atoms with van der Waals surface area (Å²) in [5, 5.41) is 12.7. The van der Waals surface area contributed by atoms with Crippen molar-refractivity contribution in [1.29, 1.82) is 0 Å². The van der Waals surface area contributed by atoms with Crippen molar-refractivity contribution in [2.45, 2.75) is 58.2 Å². The molecule has 3 atom stereocenters. The molecule has 2 N–H and O–H groups in total. The minimum atomic E-state index is -1.92. The molecule has 0 radical (unpaired) electrons. The number of carboxylic acid groups (broad SMARTS) is 1. The van der Waals surface area contributed by atoms with Crippen LogP contribution in [-0.2, 0) is 20.9 Å². The van der Waals surface area contributed by atoms with E-state index in [4.69, 9.17) is 9.47 Å². The van der Waals surface area contributed by atoms with Crippen LogP contribution in [0, 0.1) is 6.92 Å². The van der Waals surface area contributed by atoms with Crippen molar-refractivity contribution in [1.82, 2.24) is 5.32 Å². The van der Waals surface area contributed by atoms with Gasteiger partial charge in [0.1, 0.15) is 11.7 Å². The van der Waals surface area contributed by atoms with Crippen LogP contribution < -0.4 is 5.32 Å². The first-order chi connectivity index (χ1) is 15.7. The number of carbonyl (C=O) groups excluding carboxylic acids is 1. The van der Waals surface area contributed by atoms with E-state index in [1.807, 2.05) is 57.2 Å². The molecule has 0 fully saturated rings. The molecule has 33 heavy (non-hydrogen) atoms. The van der Waals surface area contributed by atoms with Gasteiger partial charge in [0, 0.05) is 12.0 Å². The van der Waals surface area contributed by atoms with Crippen molar-refractivity contribution in [3.05, 3.63) is 95.1 Å². The van der Waals surface area contributed by atoms with Crippen molar-refractivity contribution in [3.8, 4) is 0 Å². The molecule has 3 unspecified atom stereocenters. The number of carboxylic acids is 1. The Morgan fingerprint density at radius 2 is 1.76 bits per heavy atom. The molecular weight excluding hydrogens is 418 g/mol. The lowest BCUT2D eigenvalue weighted by Crippen LogP contribution is -2.60. The zero-order chi connectivity index (χ0) is 24.1. The molecule has 0 saturated heterocycles. The van der Waals surface area contributed by atoms with E-state index in [2.05, 4.69) is 5.32 Å². The SMILES string of the molecule is CCC(NC(=O)c1ccccc1)(OC1C=CC=C(C)C1(C)OCc1ccc(C)cc1)C(=O)O. The largest absolute Gasteiger partial charge is 0.478 e. The van der Waals surface area contributed by atoms with E-state index in [1.165, 1.54) is 0 Å². The zero-order valence-corrected chi connectivity index (χ0v) is 19.5. The molecule has 0 aromatic heterocycles. The normalized spacial score (nSPS) is 21.7. The fourth-order valence-electron chi connectivity index (χ4n) is 3.66. The Labute approximate surface area is 194 Å². The topological polar surface area (TPSA) is 84.9 Å². The van der Waals surface area contributed by atoms with Gasteiger partial charge in [-0.15, -0.1) is 0 Å². The van der Waals surface area contributed by atoms with Gasteiger partial charge in [-0.05, 0) is 44.0 Å². The monoisotopic (exact) mass is 449 g/mol. The zero-order valence-electron chi connectivity index (χ0n) is 19.5. The van der Waals surface area contributed by atoms with E-state index in [1.54, 1.807) is 43.3 Å². The summed E-state index contributed by atoms with van der Waals surface area (Å²) >= 11 is 0. The number of hydrogen-bond acceptors (Lipinski definition) is 4. The number of aryl methyl sites for hydroxylation is 1. The average Bonchev–Trinajstić information content (AvgIpc) is 2.81. The smallest absolute Gasteiger partial charge is 0.357 e. The van der Waals surface area contributed by atoms with Crippen molar-refractivity contribution in [2.24, 2.45) is 0 Å². The van der Waals surface area contributed by atoms with Crippen molar-refractivity contribution in [2.75, 3.05) is 0 Å². The molecule has 1 amide bonds. The summed E-state index contributed by atoms with van der Waals surface area (Å²) in [6, 6.07) is 16.5. The van der Waals surface area contributed by atoms with Gasteiger partial charge in [0.25, 0.3) is 5.91 Å². The number of rotatable bonds is 9. The van der Waals surface area contributed by atoms with Gasteiger partial charge >= 0.3 is 5.97 Å². The maximum Gasteiger partial charge on any atom is 0.357 e. The summed E-state index contributed by atoms with van der Waals surface area (Å²) in [4.78, 5) is 25.2. The van der Waals surface area contributed by atoms with E-state index < -0.39 is 29.3 Å². The predicted molar refractivity (Wildman–Crippen MR) is 127 cm³/mol. The Morgan fingerprint density at radius 3 is 2.36 bits per heavy atom.